The first kappa shape index (κ1) is 57.2. The molecule has 0 amide bonds. The summed E-state index contributed by atoms with van der Waals surface area (Å²) in [6, 6.07) is -0.300. The fraction of sp³-hybridized carbons (Fsp3) is 0.840. The van der Waals surface area contributed by atoms with Crippen LogP contribution in [0.15, 0.2) is 12.7 Å². The second-order valence-corrected chi connectivity index (χ2v) is 22.8. The maximum Gasteiger partial charge on any atom is 0.320 e. The number of aliphatic hydroxyl groups excluding tert-OH is 2. The first-order valence-corrected chi connectivity index (χ1v) is 26.3. The Morgan fingerprint density at radius 3 is 2.24 bits per heavy atom. The van der Waals surface area contributed by atoms with Gasteiger partial charge in [-0.15, -0.1) is 11.8 Å². The number of nitrogens with zero attached hydrogens (tertiary/aromatic N) is 6. The minimum atomic E-state index is -1.39. The first-order valence-electron chi connectivity index (χ1n) is 25.3. The molecule has 0 saturated carbocycles. The van der Waals surface area contributed by atoms with Crippen LogP contribution in [0.25, 0.3) is 11.2 Å². The van der Waals surface area contributed by atoms with Crippen LogP contribution >= 0.6 is 11.8 Å². The molecule has 0 spiro atoms. The zero-order valence-corrected chi connectivity index (χ0v) is 45.4. The average Bonchev–Trinajstić information content (AvgIpc) is 3.86. The van der Waals surface area contributed by atoms with Crippen LogP contribution in [0.5, 0.6) is 0 Å². The zero-order valence-electron chi connectivity index (χ0n) is 44.6. The average molecular weight is 1020 g/mol. The number of aliphatic hydroxyl groups is 2. The number of nitrogen functional groups attached to an aromatic ring is 1. The van der Waals surface area contributed by atoms with E-state index < -0.39 is 113 Å². The van der Waals surface area contributed by atoms with Crippen LogP contribution < -0.4 is 5.73 Å². The summed E-state index contributed by atoms with van der Waals surface area (Å²) in [6.45, 7) is 20.1. The predicted octanol–water partition coefficient (Wildman–Crippen LogP) is 3.72. The van der Waals surface area contributed by atoms with Crippen molar-refractivity contribution in [3.05, 3.63) is 12.7 Å². The van der Waals surface area contributed by atoms with Crippen LogP contribution in [0.1, 0.15) is 94.9 Å². The van der Waals surface area contributed by atoms with E-state index >= 15 is 4.79 Å². The molecule has 0 aliphatic carbocycles. The van der Waals surface area contributed by atoms with E-state index in [1.807, 2.05) is 72.2 Å². The van der Waals surface area contributed by atoms with E-state index in [9.17, 15) is 19.8 Å². The van der Waals surface area contributed by atoms with Gasteiger partial charge in [-0.2, -0.15) is 0 Å². The Balaban J connectivity index is 1.34. The van der Waals surface area contributed by atoms with E-state index in [0.29, 0.717) is 48.8 Å². The highest BCUT2D eigenvalue weighted by molar-refractivity contribution is 8.00. The maximum atomic E-state index is 15.2. The first-order chi connectivity index (χ1) is 33.3. The third kappa shape index (κ3) is 11.9. The number of hydrogen-bond donors (Lipinski definition) is 3. The summed E-state index contributed by atoms with van der Waals surface area (Å²) in [5, 5.41) is 22.2. The number of cyclic esters (lactones) is 1. The summed E-state index contributed by atoms with van der Waals surface area (Å²) in [5.74, 6) is -4.17. The Morgan fingerprint density at radius 2 is 1.59 bits per heavy atom. The van der Waals surface area contributed by atoms with E-state index in [0.717, 1.165) is 0 Å². The molecule has 4 aliphatic heterocycles. The molecule has 4 N–H and O–H groups in total. The van der Waals surface area contributed by atoms with Crippen molar-refractivity contribution in [1.82, 2.24) is 29.3 Å². The number of ketones is 1. The third-order valence-electron chi connectivity index (χ3n) is 16.2. The normalized spacial score (nSPS) is 41.0. The molecule has 71 heavy (non-hydrogen) atoms. The topological polar surface area (TPSA) is 242 Å². The van der Waals surface area contributed by atoms with Crippen LogP contribution in [0.3, 0.4) is 0 Å². The van der Waals surface area contributed by atoms with Crippen molar-refractivity contribution in [2.45, 2.75) is 185 Å². The number of rotatable bonds is 15. The minimum Gasteiger partial charge on any atom is -0.458 e. The molecule has 0 bridgehead atoms. The van der Waals surface area contributed by atoms with E-state index in [2.05, 4.69) is 19.9 Å². The molecule has 19 atom stereocenters. The second-order valence-electron chi connectivity index (χ2n) is 21.6. The number of carbonyl (C=O) groups is 3. The largest absolute Gasteiger partial charge is 0.458 e. The van der Waals surface area contributed by atoms with Gasteiger partial charge in [-0.1, -0.05) is 27.7 Å². The number of nitrogens with two attached hydrogens (primary N) is 1. The van der Waals surface area contributed by atoms with Crippen molar-refractivity contribution in [3.8, 4) is 0 Å². The lowest BCUT2D eigenvalue weighted by Crippen LogP contribution is -2.61. The number of hydrogen-bond acceptors (Lipinski definition) is 20. The van der Waals surface area contributed by atoms with Gasteiger partial charge in [0.1, 0.15) is 41.2 Å². The number of methoxy groups -OCH3 is 2. The van der Waals surface area contributed by atoms with E-state index in [-0.39, 0.29) is 37.2 Å². The van der Waals surface area contributed by atoms with Gasteiger partial charge in [-0.05, 0) is 81.9 Å². The lowest BCUT2D eigenvalue weighted by Gasteiger charge is -2.50. The highest BCUT2D eigenvalue weighted by Gasteiger charge is 2.62. The summed E-state index contributed by atoms with van der Waals surface area (Å²) in [7, 11) is 8.86. The number of thioether (sulfide) groups is 1. The molecule has 21 heteroatoms. The highest BCUT2D eigenvalue weighted by atomic mass is 32.2. The molecule has 402 valence electrons. The summed E-state index contributed by atoms with van der Waals surface area (Å²) in [5.41, 5.74) is 3.50. The molecule has 4 fully saturated rings. The highest BCUT2D eigenvalue weighted by Crippen LogP contribution is 2.49. The molecule has 20 nitrogen and oxygen atoms in total. The van der Waals surface area contributed by atoms with Crippen LogP contribution in [0.4, 0.5) is 5.82 Å². The van der Waals surface area contributed by atoms with Gasteiger partial charge in [0.2, 0.25) is 0 Å². The number of carbonyl (C=O) groups excluding carboxylic acids is 3. The molecule has 6 rings (SSSR count). The van der Waals surface area contributed by atoms with Gasteiger partial charge in [0.05, 0.1) is 47.9 Å². The number of likely N-dealkylation sites (N-methyl/N-ethyl adjacent to an activating group) is 2. The van der Waals surface area contributed by atoms with Crippen molar-refractivity contribution in [2.24, 2.45) is 29.6 Å². The Labute approximate surface area is 424 Å². The Morgan fingerprint density at radius 1 is 0.901 bits per heavy atom. The monoisotopic (exact) mass is 1020 g/mol. The molecule has 2 unspecified atom stereocenters. The van der Waals surface area contributed by atoms with Gasteiger partial charge in [-0.25, -0.2) is 15.0 Å². The molecule has 2 aromatic heterocycles. The fourth-order valence-electron chi connectivity index (χ4n) is 11.7. The molecule has 0 aromatic carbocycles. The van der Waals surface area contributed by atoms with E-state index in [1.54, 1.807) is 41.1 Å². The van der Waals surface area contributed by atoms with Gasteiger partial charge >= 0.3 is 11.9 Å². The third-order valence-corrected chi connectivity index (χ3v) is 17.4. The Hall–Kier alpha value is -3.09. The van der Waals surface area contributed by atoms with E-state index in [1.165, 1.54) is 25.2 Å². The van der Waals surface area contributed by atoms with Gasteiger partial charge < -0.3 is 68.2 Å². The number of anilines is 1. The number of imidazole rings is 1. The lowest BCUT2D eigenvalue weighted by molar-refractivity contribution is -0.319. The summed E-state index contributed by atoms with van der Waals surface area (Å²) in [4.78, 5) is 61.3. The van der Waals surface area contributed by atoms with Crippen molar-refractivity contribution < 1.29 is 62.5 Å². The second kappa shape index (κ2) is 23.2. The summed E-state index contributed by atoms with van der Waals surface area (Å²) >= 11 is 1.43. The molecular formula is C50H83N7O13S. The number of fused-ring (bicyclic) bond motifs is 2. The molecule has 4 aliphatic rings. The minimum absolute atomic E-state index is 0.120. The molecule has 4 saturated heterocycles. The molecule has 0 radical (unpaired) electrons. The van der Waals surface area contributed by atoms with E-state index in [4.69, 9.17) is 43.6 Å². The maximum absolute atomic E-state index is 15.2. The van der Waals surface area contributed by atoms with Crippen molar-refractivity contribution in [3.63, 3.8) is 0 Å². The SMILES string of the molecule is CC[C@H]1OC(=O)[C@H](C)[C@@H](O[C@H]2C[C@@](C)(OC)[C@@H](O)[C@@H](C)O2)[C@H](C)[C@@H](O[C@@H]2O[C@H](C)C[C@H](N(C)C)[C@H]2O)[C@](C)(OC)C[C@@H](C)C(=O)[C@H](C)C2C(SCCN(C)CCn3cnc4c(N)ncnc43)C(=O)O[C@@]21C. The molecular weight excluding hydrogens is 939 g/mol. The lowest BCUT2D eigenvalue weighted by atomic mass is 9.70. The number of ether oxygens (including phenoxy) is 8. The fourth-order valence-corrected chi connectivity index (χ4v) is 13.3. The van der Waals surface area contributed by atoms with Gasteiger partial charge in [0, 0.05) is 75.7 Å². The Kier molecular flexibility index (Phi) is 18.7. The quantitative estimate of drug-likeness (QED) is 0.215. The number of esters is 2. The van der Waals surface area contributed by atoms with Crippen LogP contribution in [-0.4, -0.2) is 195 Å². The standard InChI is InChI=1S/C50H83N7O13S/c1-16-33-50(10)35(40(46(62)70-50)71-20-19-56(13)17-18-57-25-54-36-43(51)52-24-53-44(36)57)28(4)37(58)26(2)22-49(9,64-15)42(69-47-38(59)32(55(11)12)21-27(3)65-47)29(5)39(30(6)45(61)67-33)68-34-23-48(8,63-14)41(60)31(7)66-34/h24-35,38-42,47,59-60H,16-23H2,1-15H3,(H2,51,52,53)/t26-,27-,28-,29+,30-,31-,32+,33-,34+,35?,38-,39+,40?,41+,42-,47+,48-,49-,50-/m1/s1. The van der Waals surface area contributed by atoms with Gasteiger partial charge in [0.15, 0.2) is 29.6 Å². The van der Waals surface area contributed by atoms with Gasteiger partial charge in [0.25, 0.3) is 0 Å². The predicted molar refractivity (Wildman–Crippen MR) is 266 cm³/mol. The van der Waals surface area contributed by atoms with Crippen molar-refractivity contribution in [1.29, 1.82) is 0 Å². The zero-order chi connectivity index (χ0) is 52.5. The summed E-state index contributed by atoms with van der Waals surface area (Å²) < 4.78 is 53.8. The van der Waals surface area contributed by atoms with Gasteiger partial charge in [-0.3, -0.25) is 14.4 Å². The van der Waals surface area contributed by atoms with Crippen molar-refractivity contribution >= 4 is 46.5 Å². The summed E-state index contributed by atoms with van der Waals surface area (Å²) in [6.07, 6.45) is -3.81. The molecule has 6 heterocycles. The number of Topliss-reactive ketones (excluding diaryl/α,β-unsaturated/α-hetero) is 1. The van der Waals surface area contributed by atoms with Crippen molar-refractivity contribution in [2.75, 3.05) is 59.9 Å². The van der Waals surface area contributed by atoms with Crippen LogP contribution in [0, 0.1) is 29.6 Å². The Bertz CT molecular complexity index is 2140. The molecule has 2 aromatic rings. The number of aromatic nitrogens is 4. The van der Waals surface area contributed by atoms with Crippen LogP contribution in [-0.2, 0) is 58.8 Å². The van der Waals surface area contributed by atoms with Crippen LogP contribution in [0.2, 0.25) is 0 Å². The smallest absolute Gasteiger partial charge is 0.320 e.